The Morgan fingerprint density at radius 1 is 1.36 bits per heavy atom. The first-order valence-corrected chi connectivity index (χ1v) is 4.83. The number of hydrogen-bond acceptors (Lipinski definition) is 5. The first-order chi connectivity index (χ1) is 6.70. The maximum absolute atomic E-state index is 10.7. The minimum absolute atomic E-state index is 0.306. The summed E-state index contributed by atoms with van der Waals surface area (Å²) >= 11 is 0. The topological polar surface area (TPSA) is 54.0 Å². The highest BCUT2D eigenvalue weighted by Gasteiger charge is 2.06. The van der Waals surface area contributed by atoms with Crippen LogP contribution in [0.2, 0.25) is 0 Å². The second-order valence-electron chi connectivity index (χ2n) is 2.96. The van der Waals surface area contributed by atoms with E-state index in [2.05, 4.69) is 28.7 Å². The van der Waals surface area contributed by atoms with Gasteiger partial charge in [0.25, 0.3) is 0 Å². The number of hydrogen-bond donors (Lipinski definition) is 0. The molecule has 0 amide bonds. The number of rotatable bonds is 7. The molecule has 0 bridgehead atoms. The Bertz CT molecular complexity index is 148. The van der Waals surface area contributed by atoms with Crippen LogP contribution in [0, 0.1) is 5.92 Å². The van der Waals surface area contributed by atoms with Gasteiger partial charge < -0.3 is 4.74 Å². The molecule has 14 heavy (non-hydrogen) atoms. The van der Waals surface area contributed by atoms with Crippen molar-refractivity contribution in [3.8, 4) is 0 Å². The van der Waals surface area contributed by atoms with Crippen molar-refractivity contribution in [1.82, 2.24) is 0 Å². The van der Waals surface area contributed by atoms with Crippen LogP contribution in [0.15, 0.2) is 0 Å². The lowest BCUT2D eigenvalue weighted by Crippen LogP contribution is -2.11. The van der Waals surface area contributed by atoms with Gasteiger partial charge in [-0.2, -0.15) is 4.89 Å². The normalized spacial score (nSPS) is 12.2. The van der Waals surface area contributed by atoms with E-state index in [1.165, 1.54) is 0 Å². The summed E-state index contributed by atoms with van der Waals surface area (Å²) in [5.41, 5.74) is 0. The van der Waals surface area contributed by atoms with Crippen LogP contribution in [0.3, 0.4) is 0 Å². The Kier molecular flexibility index (Phi) is 8.27. The lowest BCUT2D eigenvalue weighted by Gasteiger charge is -2.07. The number of carbonyl (C=O) groups excluding carboxylic acids is 1. The molecule has 0 aromatic carbocycles. The SMILES string of the molecule is CCOOOC(=O)OCCC(C)CC. The molecule has 0 radical (unpaired) electrons. The van der Waals surface area contributed by atoms with Crippen molar-refractivity contribution in [3.05, 3.63) is 0 Å². The van der Waals surface area contributed by atoms with Crippen LogP contribution in [-0.4, -0.2) is 19.4 Å². The molecular weight excluding hydrogens is 188 g/mol. The van der Waals surface area contributed by atoms with Gasteiger partial charge in [-0.25, -0.2) is 9.68 Å². The molecule has 0 fully saturated rings. The number of ether oxygens (including phenoxy) is 1. The molecule has 5 nitrogen and oxygen atoms in total. The van der Waals surface area contributed by atoms with Gasteiger partial charge in [-0.05, 0) is 24.3 Å². The van der Waals surface area contributed by atoms with E-state index in [1.54, 1.807) is 6.92 Å². The molecule has 0 saturated carbocycles. The number of carbonyl (C=O) groups is 1. The van der Waals surface area contributed by atoms with E-state index in [1.807, 2.05) is 0 Å². The third-order valence-electron chi connectivity index (χ3n) is 1.80. The van der Waals surface area contributed by atoms with Crippen LogP contribution in [0.1, 0.15) is 33.6 Å². The van der Waals surface area contributed by atoms with E-state index >= 15 is 0 Å². The molecule has 0 aliphatic rings. The Hall–Kier alpha value is -0.810. The predicted molar refractivity (Wildman–Crippen MR) is 49.2 cm³/mol. The van der Waals surface area contributed by atoms with Crippen LogP contribution in [0.4, 0.5) is 4.79 Å². The zero-order chi connectivity index (χ0) is 10.8. The van der Waals surface area contributed by atoms with Crippen molar-refractivity contribution in [3.63, 3.8) is 0 Å². The Labute approximate surface area is 84.1 Å². The minimum Gasteiger partial charge on any atom is -0.432 e. The largest absolute Gasteiger partial charge is 0.542 e. The van der Waals surface area contributed by atoms with Gasteiger partial charge in [0.2, 0.25) is 0 Å². The lowest BCUT2D eigenvalue weighted by molar-refractivity contribution is -0.484. The van der Waals surface area contributed by atoms with Gasteiger partial charge in [0.1, 0.15) is 0 Å². The molecule has 0 rings (SSSR count). The van der Waals surface area contributed by atoms with Crippen molar-refractivity contribution in [2.45, 2.75) is 33.6 Å². The fraction of sp³-hybridized carbons (Fsp3) is 0.889. The average molecular weight is 206 g/mol. The second-order valence-corrected chi connectivity index (χ2v) is 2.96. The molecule has 1 unspecified atom stereocenters. The minimum atomic E-state index is -0.873. The second kappa shape index (κ2) is 8.77. The van der Waals surface area contributed by atoms with Crippen molar-refractivity contribution in [2.75, 3.05) is 13.2 Å². The maximum Gasteiger partial charge on any atom is 0.542 e. The van der Waals surface area contributed by atoms with Crippen LogP contribution < -0.4 is 0 Å². The summed E-state index contributed by atoms with van der Waals surface area (Å²) in [6.07, 6.45) is 1.01. The molecule has 0 aromatic heterocycles. The summed E-state index contributed by atoms with van der Waals surface area (Å²) in [5.74, 6) is 0.538. The Balaban J connectivity index is 3.26. The van der Waals surface area contributed by atoms with E-state index in [-0.39, 0.29) is 0 Å². The van der Waals surface area contributed by atoms with Gasteiger partial charge in [0, 0.05) is 0 Å². The highest BCUT2D eigenvalue weighted by Crippen LogP contribution is 2.06. The zero-order valence-electron chi connectivity index (χ0n) is 8.95. The standard InChI is InChI=1S/C9H18O5/c1-4-8(3)6-7-11-9(10)13-14-12-5-2/h8H,4-7H2,1-3H3. The van der Waals surface area contributed by atoms with Crippen LogP contribution in [0.25, 0.3) is 0 Å². The third-order valence-corrected chi connectivity index (χ3v) is 1.80. The van der Waals surface area contributed by atoms with Gasteiger partial charge in [-0.15, -0.1) is 0 Å². The predicted octanol–water partition coefficient (Wildman–Crippen LogP) is 2.46. The van der Waals surface area contributed by atoms with Crippen LogP contribution in [0.5, 0.6) is 0 Å². The molecule has 0 N–H and O–H groups in total. The van der Waals surface area contributed by atoms with E-state index in [0.29, 0.717) is 19.1 Å². The highest BCUT2D eigenvalue weighted by atomic mass is 17.5. The van der Waals surface area contributed by atoms with Crippen molar-refractivity contribution in [2.24, 2.45) is 5.92 Å². The summed E-state index contributed by atoms with van der Waals surface area (Å²) in [5, 5.41) is 4.05. The van der Waals surface area contributed by atoms with Crippen LogP contribution >= 0.6 is 0 Å². The van der Waals surface area contributed by atoms with Gasteiger partial charge >= 0.3 is 6.16 Å². The molecule has 1 atom stereocenters. The van der Waals surface area contributed by atoms with Gasteiger partial charge in [0.05, 0.1) is 13.2 Å². The first kappa shape index (κ1) is 13.2. The molecule has 0 spiro atoms. The van der Waals surface area contributed by atoms with E-state index in [0.717, 1.165) is 12.8 Å². The quantitative estimate of drug-likeness (QED) is 0.277. The van der Waals surface area contributed by atoms with E-state index < -0.39 is 6.16 Å². The summed E-state index contributed by atoms with van der Waals surface area (Å²) in [4.78, 5) is 19.2. The monoisotopic (exact) mass is 206 g/mol. The third kappa shape index (κ3) is 7.82. The van der Waals surface area contributed by atoms with Gasteiger partial charge in [-0.1, -0.05) is 20.3 Å². The van der Waals surface area contributed by atoms with Gasteiger partial charge in [0.15, 0.2) is 0 Å². The van der Waals surface area contributed by atoms with Crippen molar-refractivity contribution in [1.29, 1.82) is 0 Å². The van der Waals surface area contributed by atoms with Crippen LogP contribution in [-0.2, 0) is 19.6 Å². The molecule has 84 valence electrons. The summed E-state index contributed by atoms with van der Waals surface area (Å²) < 4.78 is 4.69. The Morgan fingerprint density at radius 3 is 2.64 bits per heavy atom. The van der Waals surface area contributed by atoms with Crippen molar-refractivity contribution < 1.29 is 24.3 Å². The fourth-order valence-electron chi connectivity index (χ4n) is 0.672. The molecule has 0 aliphatic carbocycles. The average Bonchev–Trinajstić information content (AvgIpc) is 2.18. The van der Waals surface area contributed by atoms with Crippen molar-refractivity contribution >= 4 is 6.16 Å². The Morgan fingerprint density at radius 2 is 2.07 bits per heavy atom. The summed E-state index contributed by atoms with van der Waals surface area (Å²) in [6.45, 7) is 6.52. The molecular formula is C9H18O5. The molecule has 0 aromatic rings. The molecule has 0 saturated heterocycles. The van der Waals surface area contributed by atoms with E-state index in [4.69, 9.17) is 4.74 Å². The lowest BCUT2D eigenvalue weighted by atomic mass is 10.1. The highest BCUT2D eigenvalue weighted by molar-refractivity contribution is 5.58. The summed E-state index contributed by atoms with van der Waals surface area (Å²) in [7, 11) is 0. The molecule has 0 aliphatic heterocycles. The summed E-state index contributed by atoms with van der Waals surface area (Å²) in [6, 6.07) is 0. The molecule has 0 heterocycles. The zero-order valence-corrected chi connectivity index (χ0v) is 8.95. The van der Waals surface area contributed by atoms with E-state index in [9.17, 15) is 4.79 Å². The molecule has 5 heteroatoms. The fourth-order valence-corrected chi connectivity index (χ4v) is 0.672. The van der Waals surface area contributed by atoms with Gasteiger partial charge in [-0.3, -0.25) is 0 Å². The maximum atomic E-state index is 10.7. The first-order valence-electron chi connectivity index (χ1n) is 4.83. The smallest absolute Gasteiger partial charge is 0.432 e.